The van der Waals surface area contributed by atoms with Gasteiger partial charge in [0.05, 0.1) is 12.6 Å². The zero-order valence-corrected chi connectivity index (χ0v) is 12.9. The van der Waals surface area contributed by atoms with Gasteiger partial charge in [-0.2, -0.15) is 0 Å². The van der Waals surface area contributed by atoms with Gasteiger partial charge in [-0.05, 0) is 29.7 Å². The summed E-state index contributed by atoms with van der Waals surface area (Å²) in [7, 11) is 1.63. The monoisotopic (exact) mass is 313 g/mol. The number of anilines is 1. The van der Waals surface area contributed by atoms with Crippen LogP contribution in [0, 0.1) is 0 Å². The molecule has 2 N–H and O–H groups in total. The third-order valence-corrected chi connectivity index (χ3v) is 4.21. The molecule has 0 unspecified atom stereocenters. The fourth-order valence-corrected chi connectivity index (χ4v) is 2.97. The number of hydrogen-bond acceptors (Lipinski definition) is 3. The Morgan fingerprint density at radius 1 is 1.30 bits per heavy atom. The van der Waals surface area contributed by atoms with Gasteiger partial charge in [0.2, 0.25) is 0 Å². The summed E-state index contributed by atoms with van der Waals surface area (Å²) < 4.78 is 1.41. The lowest BCUT2D eigenvalue weighted by atomic mass is 9.93. The third-order valence-electron chi connectivity index (χ3n) is 4.21. The Morgan fingerprint density at radius 3 is 2.87 bits per heavy atom. The van der Waals surface area contributed by atoms with Crippen LogP contribution < -0.4 is 10.9 Å². The lowest BCUT2D eigenvalue weighted by molar-refractivity contribution is 0.135. The molecular formula is C17H19N3O3. The van der Waals surface area contributed by atoms with Crippen molar-refractivity contribution in [2.45, 2.75) is 12.5 Å². The van der Waals surface area contributed by atoms with Gasteiger partial charge in [0.15, 0.2) is 0 Å². The van der Waals surface area contributed by atoms with Gasteiger partial charge in [0.1, 0.15) is 5.69 Å². The molecule has 0 saturated carbocycles. The van der Waals surface area contributed by atoms with E-state index in [0.717, 1.165) is 17.5 Å². The molecule has 0 radical (unpaired) electrons. The molecule has 0 aliphatic carbocycles. The summed E-state index contributed by atoms with van der Waals surface area (Å²) in [4.78, 5) is 26.2. The van der Waals surface area contributed by atoms with Crippen molar-refractivity contribution in [3.8, 4) is 0 Å². The molecule has 0 spiro atoms. The lowest BCUT2D eigenvalue weighted by Gasteiger charge is -2.36. The van der Waals surface area contributed by atoms with E-state index in [2.05, 4.69) is 5.32 Å². The van der Waals surface area contributed by atoms with Gasteiger partial charge in [-0.1, -0.05) is 24.3 Å². The molecule has 23 heavy (non-hydrogen) atoms. The normalized spacial score (nSPS) is 16.8. The smallest absolute Gasteiger partial charge is 0.322 e. The van der Waals surface area contributed by atoms with E-state index in [-0.39, 0.29) is 23.9 Å². The number of hydrogen-bond donors (Lipinski definition) is 2. The van der Waals surface area contributed by atoms with Crippen LogP contribution >= 0.6 is 0 Å². The fraction of sp³-hybridized carbons (Fsp3) is 0.294. The number of nitrogens with zero attached hydrogens (tertiary/aromatic N) is 2. The molecule has 1 atom stereocenters. The van der Waals surface area contributed by atoms with Crippen molar-refractivity contribution in [3.05, 3.63) is 64.1 Å². The minimum absolute atomic E-state index is 0.156. The molecule has 1 aliphatic rings. The van der Waals surface area contributed by atoms with Crippen molar-refractivity contribution >= 4 is 11.7 Å². The van der Waals surface area contributed by atoms with Crippen LogP contribution in [0.3, 0.4) is 0 Å². The van der Waals surface area contributed by atoms with Crippen molar-refractivity contribution in [2.75, 3.05) is 18.5 Å². The van der Waals surface area contributed by atoms with Crippen molar-refractivity contribution in [1.82, 2.24) is 9.47 Å². The molecule has 0 saturated heterocycles. The number of amides is 2. The van der Waals surface area contributed by atoms with Gasteiger partial charge in [-0.15, -0.1) is 0 Å². The van der Waals surface area contributed by atoms with Crippen LogP contribution in [0.5, 0.6) is 0 Å². The average Bonchev–Trinajstić information content (AvgIpc) is 2.57. The molecule has 2 amide bonds. The molecule has 3 rings (SSSR count). The Bertz CT molecular complexity index is 785. The van der Waals surface area contributed by atoms with Crippen LogP contribution in [-0.2, 0) is 13.5 Å². The number of carbonyl (C=O) groups excluding carboxylic acids is 1. The molecule has 6 nitrogen and oxygen atoms in total. The highest BCUT2D eigenvalue weighted by molar-refractivity contribution is 5.89. The van der Waals surface area contributed by atoms with E-state index in [9.17, 15) is 14.7 Å². The number of carbonyl (C=O) groups is 1. The molecule has 1 aromatic carbocycles. The van der Waals surface area contributed by atoms with E-state index in [1.54, 1.807) is 30.3 Å². The Kier molecular flexibility index (Phi) is 4.16. The number of nitrogens with one attached hydrogen (secondary N) is 1. The summed E-state index contributed by atoms with van der Waals surface area (Å²) in [6.07, 6.45) is 2.36. The molecule has 6 heteroatoms. The molecule has 2 aromatic rings. The average molecular weight is 313 g/mol. The molecule has 0 fully saturated rings. The Balaban J connectivity index is 1.85. The van der Waals surface area contributed by atoms with Gasteiger partial charge < -0.3 is 19.9 Å². The van der Waals surface area contributed by atoms with Gasteiger partial charge >= 0.3 is 6.03 Å². The summed E-state index contributed by atoms with van der Waals surface area (Å²) in [6, 6.07) is 10.3. The highest BCUT2D eigenvalue weighted by atomic mass is 16.3. The van der Waals surface area contributed by atoms with Crippen LogP contribution in [0.2, 0.25) is 0 Å². The topological polar surface area (TPSA) is 74.6 Å². The number of rotatable bonds is 2. The number of aliphatic hydroxyl groups is 1. The first-order chi connectivity index (χ1) is 11.1. The van der Waals surface area contributed by atoms with Crippen LogP contribution in [0.15, 0.2) is 47.4 Å². The minimum Gasteiger partial charge on any atom is -0.394 e. The van der Waals surface area contributed by atoms with E-state index in [0.29, 0.717) is 6.54 Å². The number of aryl methyl sites for hydroxylation is 1. The maximum atomic E-state index is 12.6. The largest absolute Gasteiger partial charge is 0.394 e. The quantitative estimate of drug-likeness (QED) is 0.882. The van der Waals surface area contributed by atoms with Crippen molar-refractivity contribution in [2.24, 2.45) is 7.05 Å². The first-order valence-corrected chi connectivity index (χ1v) is 7.53. The predicted octanol–water partition coefficient (Wildman–Crippen LogP) is 1.51. The van der Waals surface area contributed by atoms with Gasteiger partial charge in [-0.25, -0.2) is 4.79 Å². The van der Waals surface area contributed by atoms with Crippen LogP contribution in [-0.4, -0.2) is 33.8 Å². The highest BCUT2D eigenvalue weighted by Gasteiger charge is 2.30. The third kappa shape index (κ3) is 2.85. The molecule has 120 valence electrons. The molecule has 0 bridgehead atoms. The minimum atomic E-state index is -0.396. The van der Waals surface area contributed by atoms with E-state index >= 15 is 0 Å². The standard InChI is InChI=1S/C17H19N3O3/c1-19-9-4-7-14(16(19)22)18-17(23)20-10-8-12-5-2-3-6-13(12)15(20)11-21/h2-7,9,15,21H,8,10-11H2,1H3,(H,18,23)/t15-/m1/s1. The number of urea groups is 1. The van der Waals surface area contributed by atoms with Crippen LogP contribution in [0.1, 0.15) is 17.2 Å². The van der Waals surface area contributed by atoms with Crippen molar-refractivity contribution < 1.29 is 9.90 Å². The van der Waals surface area contributed by atoms with Crippen LogP contribution in [0.4, 0.5) is 10.5 Å². The van der Waals surface area contributed by atoms with Crippen LogP contribution in [0.25, 0.3) is 0 Å². The maximum Gasteiger partial charge on any atom is 0.322 e. The second-order valence-corrected chi connectivity index (χ2v) is 5.61. The first kappa shape index (κ1) is 15.3. The Labute approximate surface area is 134 Å². The number of benzene rings is 1. The summed E-state index contributed by atoms with van der Waals surface area (Å²) in [5.74, 6) is 0. The second kappa shape index (κ2) is 6.26. The summed E-state index contributed by atoms with van der Waals surface area (Å²) >= 11 is 0. The van der Waals surface area contributed by atoms with E-state index in [1.807, 2.05) is 24.3 Å². The van der Waals surface area contributed by atoms with Gasteiger partial charge in [0, 0.05) is 19.8 Å². The van der Waals surface area contributed by atoms with E-state index in [1.165, 1.54) is 4.57 Å². The highest BCUT2D eigenvalue weighted by Crippen LogP contribution is 2.29. The van der Waals surface area contributed by atoms with Crippen molar-refractivity contribution in [3.63, 3.8) is 0 Å². The molecule has 1 aliphatic heterocycles. The first-order valence-electron chi connectivity index (χ1n) is 7.53. The molecule has 2 heterocycles. The number of fused-ring (bicyclic) bond motifs is 1. The number of aromatic nitrogens is 1. The summed E-state index contributed by atoms with van der Waals surface area (Å²) in [5, 5.41) is 12.4. The van der Waals surface area contributed by atoms with Gasteiger partial charge in [0.25, 0.3) is 5.56 Å². The van der Waals surface area contributed by atoms with E-state index in [4.69, 9.17) is 0 Å². The number of aliphatic hydroxyl groups excluding tert-OH is 1. The second-order valence-electron chi connectivity index (χ2n) is 5.61. The lowest BCUT2D eigenvalue weighted by Crippen LogP contribution is -2.44. The Hall–Kier alpha value is -2.60. The fourth-order valence-electron chi connectivity index (χ4n) is 2.97. The molecular weight excluding hydrogens is 294 g/mol. The van der Waals surface area contributed by atoms with Gasteiger partial charge in [-0.3, -0.25) is 4.79 Å². The summed E-state index contributed by atoms with van der Waals surface area (Å²) in [6.45, 7) is 0.346. The zero-order valence-electron chi connectivity index (χ0n) is 12.9. The van der Waals surface area contributed by atoms with E-state index < -0.39 is 6.04 Å². The zero-order chi connectivity index (χ0) is 16.4. The van der Waals surface area contributed by atoms with Crippen molar-refractivity contribution in [1.29, 1.82) is 0 Å². The maximum absolute atomic E-state index is 12.6. The predicted molar refractivity (Wildman–Crippen MR) is 87.4 cm³/mol. The molecule has 1 aromatic heterocycles. The Morgan fingerprint density at radius 2 is 2.09 bits per heavy atom. The SMILES string of the molecule is Cn1cccc(NC(=O)N2CCc3ccccc3[C@H]2CO)c1=O. The number of pyridine rings is 1. The summed E-state index contributed by atoms with van der Waals surface area (Å²) in [5.41, 5.74) is 2.07.